The third-order valence-corrected chi connectivity index (χ3v) is 4.24. The summed E-state index contributed by atoms with van der Waals surface area (Å²) < 4.78 is 1.16. The first kappa shape index (κ1) is 11.3. The van der Waals surface area contributed by atoms with Gasteiger partial charge < -0.3 is 0 Å². The zero-order valence-corrected chi connectivity index (χ0v) is 11.1. The van der Waals surface area contributed by atoms with Crippen molar-refractivity contribution in [1.29, 1.82) is 0 Å². The number of hydrogen-bond acceptors (Lipinski definition) is 0. The lowest BCUT2D eigenvalue weighted by Gasteiger charge is -2.17. The maximum Gasteiger partial charge on any atom is 0.0209 e. The lowest BCUT2D eigenvalue weighted by molar-refractivity contribution is 0.694. The first-order valence-electron chi connectivity index (χ1n) is 4.54. The molecule has 0 aromatic heterocycles. The van der Waals surface area contributed by atoms with Gasteiger partial charge in [-0.1, -0.05) is 57.8 Å². The molecule has 1 aromatic carbocycles. The van der Waals surface area contributed by atoms with E-state index in [1.165, 1.54) is 5.56 Å². The van der Waals surface area contributed by atoms with Gasteiger partial charge in [0.25, 0.3) is 0 Å². The zero-order valence-electron chi connectivity index (χ0n) is 7.93. The van der Waals surface area contributed by atoms with Crippen LogP contribution in [0.3, 0.4) is 0 Å². The van der Waals surface area contributed by atoms with E-state index in [1.807, 2.05) is 0 Å². The van der Waals surface area contributed by atoms with Crippen LogP contribution in [0.5, 0.6) is 0 Å². The van der Waals surface area contributed by atoms with Crippen LogP contribution >= 0.6 is 31.9 Å². The van der Waals surface area contributed by atoms with E-state index in [-0.39, 0.29) is 0 Å². The van der Waals surface area contributed by atoms with Gasteiger partial charge in [-0.25, -0.2) is 0 Å². The van der Waals surface area contributed by atoms with Crippen LogP contribution in [0, 0.1) is 0 Å². The maximum absolute atomic E-state index is 3.69. The summed E-state index contributed by atoms with van der Waals surface area (Å²) in [6, 6.07) is 8.52. The molecule has 0 aliphatic carbocycles. The molecule has 0 nitrogen and oxygen atoms in total. The minimum Gasteiger partial charge on any atom is -0.0884 e. The fourth-order valence-electron chi connectivity index (χ4n) is 1.35. The summed E-state index contributed by atoms with van der Waals surface area (Å²) in [7, 11) is 0. The minimum atomic E-state index is 0.571. The molecule has 0 N–H and O–H groups in total. The fourth-order valence-corrected chi connectivity index (χ4v) is 2.07. The van der Waals surface area contributed by atoms with E-state index in [0.717, 1.165) is 10.9 Å². The first-order chi connectivity index (χ1) is 6.15. The summed E-state index contributed by atoms with van der Waals surface area (Å²) in [5, 5.41) is 0. The van der Waals surface area contributed by atoms with Crippen molar-refractivity contribution in [3.05, 3.63) is 34.3 Å². The average Bonchev–Trinajstić information content (AvgIpc) is 2.15. The van der Waals surface area contributed by atoms with Crippen LogP contribution in [0.25, 0.3) is 0 Å². The molecule has 0 saturated heterocycles. The van der Waals surface area contributed by atoms with Crippen LogP contribution in [0.4, 0.5) is 0 Å². The number of halogens is 2. The molecule has 0 fully saturated rings. The van der Waals surface area contributed by atoms with Crippen molar-refractivity contribution < 1.29 is 0 Å². The molecule has 1 rings (SSSR count). The Labute approximate surface area is 97.0 Å². The predicted octanol–water partition coefficient (Wildman–Crippen LogP) is 4.73. The van der Waals surface area contributed by atoms with Gasteiger partial charge in [0, 0.05) is 9.30 Å². The maximum atomic E-state index is 3.69. The molecular formula is C11H14Br2. The Morgan fingerprint density at radius 3 is 2.62 bits per heavy atom. The summed E-state index contributed by atoms with van der Waals surface area (Å²) in [4.78, 5) is 0.571. The molecule has 0 radical (unpaired) electrons. The van der Waals surface area contributed by atoms with Gasteiger partial charge in [-0.2, -0.15) is 0 Å². The van der Waals surface area contributed by atoms with Crippen molar-refractivity contribution in [2.45, 2.75) is 31.0 Å². The van der Waals surface area contributed by atoms with Gasteiger partial charge in [-0.05, 0) is 30.0 Å². The molecule has 0 spiro atoms. The fraction of sp³-hybridized carbons (Fsp3) is 0.455. The van der Waals surface area contributed by atoms with Gasteiger partial charge in [0.15, 0.2) is 0 Å². The topological polar surface area (TPSA) is 0 Å². The predicted molar refractivity (Wildman–Crippen MR) is 65.6 cm³/mol. The third-order valence-electron chi connectivity index (χ3n) is 2.31. The van der Waals surface area contributed by atoms with Crippen LogP contribution in [-0.4, -0.2) is 4.83 Å². The van der Waals surface area contributed by atoms with Gasteiger partial charge in [-0.3, -0.25) is 0 Å². The molecule has 72 valence electrons. The van der Waals surface area contributed by atoms with E-state index in [2.05, 4.69) is 70.0 Å². The molecule has 2 heteroatoms. The van der Waals surface area contributed by atoms with Gasteiger partial charge >= 0.3 is 0 Å². The van der Waals surface area contributed by atoms with E-state index >= 15 is 0 Å². The highest BCUT2D eigenvalue weighted by atomic mass is 79.9. The van der Waals surface area contributed by atoms with Gasteiger partial charge in [0.1, 0.15) is 0 Å². The van der Waals surface area contributed by atoms with E-state index in [4.69, 9.17) is 0 Å². The van der Waals surface area contributed by atoms with E-state index in [9.17, 15) is 0 Å². The molecule has 1 aromatic rings. The molecular weight excluding hydrogens is 292 g/mol. The second-order valence-electron chi connectivity index (χ2n) is 3.27. The van der Waals surface area contributed by atoms with Crippen LogP contribution in [-0.2, 0) is 0 Å². The Morgan fingerprint density at radius 1 is 1.38 bits per heavy atom. The van der Waals surface area contributed by atoms with Crippen molar-refractivity contribution in [2.24, 2.45) is 0 Å². The van der Waals surface area contributed by atoms with Crippen molar-refractivity contribution in [3.63, 3.8) is 0 Å². The highest BCUT2D eigenvalue weighted by Crippen LogP contribution is 2.28. The van der Waals surface area contributed by atoms with Gasteiger partial charge in [0.2, 0.25) is 0 Å². The van der Waals surface area contributed by atoms with Crippen LogP contribution < -0.4 is 0 Å². The Kier molecular flexibility index (Phi) is 4.47. The molecule has 2 unspecified atom stereocenters. The van der Waals surface area contributed by atoms with Crippen molar-refractivity contribution in [1.82, 2.24) is 0 Å². The van der Waals surface area contributed by atoms with Gasteiger partial charge in [-0.15, -0.1) is 0 Å². The molecule has 0 amide bonds. The zero-order chi connectivity index (χ0) is 9.84. The highest BCUT2D eigenvalue weighted by Gasteiger charge is 2.13. The summed E-state index contributed by atoms with van der Waals surface area (Å²) in [5.41, 5.74) is 1.39. The molecule has 0 saturated carbocycles. The second kappa shape index (κ2) is 5.16. The molecule has 2 atom stereocenters. The summed E-state index contributed by atoms with van der Waals surface area (Å²) in [5.74, 6) is 0.572. The lowest BCUT2D eigenvalue weighted by Crippen LogP contribution is -2.07. The molecule has 0 heterocycles. The van der Waals surface area contributed by atoms with Crippen LogP contribution in [0.15, 0.2) is 28.7 Å². The molecule has 0 bridgehead atoms. The number of alkyl halides is 1. The number of benzene rings is 1. The standard InChI is InChI=1S/C11H14Br2/c1-3-11(13)8(2)9-5-4-6-10(12)7-9/h4-8,11H,3H2,1-2H3. The molecule has 0 aliphatic rings. The number of rotatable bonds is 3. The monoisotopic (exact) mass is 304 g/mol. The minimum absolute atomic E-state index is 0.571. The van der Waals surface area contributed by atoms with Crippen molar-refractivity contribution in [2.75, 3.05) is 0 Å². The summed E-state index contributed by atoms with van der Waals surface area (Å²) in [6.07, 6.45) is 1.16. The van der Waals surface area contributed by atoms with Gasteiger partial charge in [0.05, 0.1) is 0 Å². The quantitative estimate of drug-likeness (QED) is 0.708. The van der Waals surface area contributed by atoms with Crippen molar-refractivity contribution in [3.8, 4) is 0 Å². The second-order valence-corrected chi connectivity index (χ2v) is 5.36. The Morgan fingerprint density at radius 2 is 2.08 bits per heavy atom. The van der Waals surface area contributed by atoms with Crippen LogP contribution in [0.1, 0.15) is 31.7 Å². The first-order valence-corrected chi connectivity index (χ1v) is 6.25. The largest absolute Gasteiger partial charge is 0.0884 e. The molecule has 0 aliphatic heterocycles. The summed E-state index contributed by atoms with van der Waals surface area (Å²) >= 11 is 7.17. The molecule has 13 heavy (non-hydrogen) atoms. The smallest absolute Gasteiger partial charge is 0.0209 e. The van der Waals surface area contributed by atoms with E-state index < -0.39 is 0 Å². The van der Waals surface area contributed by atoms with Crippen LogP contribution in [0.2, 0.25) is 0 Å². The normalized spacial score (nSPS) is 15.4. The Bertz CT molecular complexity index is 271. The Hall–Kier alpha value is 0.180. The average molecular weight is 306 g/mol. The Balaban J connectivity index is 2.82. The van der Waals surface area contributed by atoms with Crippen molar-refractivity contribution >= 4 is 31.9 Å². The summed E-state index contributed by atoms with van der Waals surface area (Å²) in [6.45, 7) is 4.46. The van der Waals surface area contributed by atoms with E-state index in [1.54, 1.807) is 0 Å². The number of hydrogen-bond donors (Lipinski definition) is 0. The highest BCUT2D eigenvalue weighted by molar-refractivity contribution is 9.10. The lowest BCUT2D eigenvalue weighted by atomic mass is 9.97. The SMILES string of the molecule is CCC(Br)C(C)c1cccc(Br)c1. The third kappa shape index (κ3) is 3.10. The van der Waals surface area contributed by atoms with E-state index in [0.29, 0.717) is 10.7 Å².